The quantitative estimate of drug-likeness (QED) is 0.922. The summed E-state index contributed by atoms with van der Waals surface area (Å²) in [5.41, 5.74) is 1.21. The number of carbonyl (C=O) groups excluding carboxylic acids is 2. The van der Waals surface area contributed by atoms with Crippen molar-refractivity contribution >= 4 is 17.7 Å². The molecule has 2 aliphatic rings. The fraction of sp³-hybridized carbons (Fsp3) is 0.375. The zero-order valence-corrected chi connectivity index (χ0v) is 13.1. The molecule has 0 bridgehead atoms. The summed E-state index contributed by atoms with van der Waals surface area (Å²) in [5, 5.41) is 6.82. The Hall–Kier alpha value is -2.90. The number of nitrogens with zero attached hydrogens (tertiary/aromatic N) is 3. The summed E-state index contributed by atoms with van der Waals surface area (Å²) in [4.78, 5) is 29.5. The normalized spacial score (nSPS) is 20.1. The van der Waals surface area contributed by atoms with Gasteiger partial charge in [-0.3, -0.25) is 9.69 Å². The molecule has 24 heavy (non-hydrogen) atoms. The second kappa shape index (κ2) is 5.63. The second-order valence-electron chi connectivity index (χ2n) is 5.97. The number of hydrogen-bond acceptors (Lipinski definition) is 6. The minimum absolute atomic E-state index is 0.0374. The van der Waals surface area contributed by atoms with Gasteiger partial charge in [0.05, 0.1) is 11.3 Å². The summed E-state index contributed by atoms with van der Waals surface area (Å²) < 4.78 is 10.2. The molecular weight excluding hydrogens is 312 g/mol. The van der Waals surface area contributed by atoms with E-state index >= 15 is 0 Å². The van der Waals surface area contributed by atoms with Gasteiger partial charge < -0.3 is 14.6 Å². The molecule has 2 amide bonds. The highest BCUT2D eigenvalue weighted by Crippen LogP contribution is 2.39. The number of cyclic esters (lactones) is 1. The minimum atomic E-state index is -0.657. The Balaban J connectivity index is 1.57. The summed E-state index contributed by atoms with van der Waals surface area (Å²) in [6.45, 7) is 0.0374. The maximum absolute atomic E-state index is 12.4. The van der Waals surface area contributed by atoms with Crippen molar-refractivity contribution in [3.8, 4) is 11.5 Å². The monoisotopic (exact) mass is 328 g/mol. The number of amides is 2. The van der Waals surface area contributed by atoms with Crippen LogP contribution in [0.15, 0.2) is 28.8 Å². The number of anilines is 1. The fourth-order valence-corrected chi connectivity index (χ4v) is 2.59. The zero-order chi connectivity index (χ0) is 16.7. The van der Waals surface area contributed by atoms with Gasteiger partial charge >= 0.3 is 6.09 Å². The van der Waals surface area contributed by atoms with Crippen LogP contribution in [-0.2, 0) is 9.53 Å². The first-order valence-electron chi connectivity index (χ1n) is 7.77. The molecule has 4 rings (SSSR count). The third-order valence-corrected chi connectivity index (χ3v) is 4.22. The number of likely N-dealkylation sites (N-methyl/N-ethyl adjacent to an activating group) is 1. The number of rotatable bonds is 4. The smallest absolute Gasteiger partial charge is 0.410 e. The lowest BCUT2D eigenvalue weighted by Crippen LogP contribution is -2.40. The highest BCUT2D eigenvalue weighted by molar-refractivity contribution is 6.00. The van der Waals surface area contributed by atoms with E-state index in [1.54, 1.807) is 18.2 Å². The summed E-state index contributed by atoms with van der Waals surface area (Å²) in [7, 11) is 1.53. The third-order valence-electron chi connectivity index (χ3n) is 4.22. The molecule has 1 saturated carbocycles. The standard InChI is InChI=1S/C16H16N4O4/c1-20-12(8-23-16(20)22)14(21)17-11-5-3-2-4-10(11)15-18-13(19-24-15)9-6-7-9/h2-5,9,12H,6-8H2,1H3,(H,17,21). The maximum atomic E-state index is 12.4. The highest BCUT2D eigenvalue weighted by Gasteiger charge is 2.35. The average Bonchev–Trinajstić information content (AvgIpc) is 3.22. The van der Waals surface area contributed by atoms with E-state index in [0.29, 0.717) is 28.9 Å². The van der Waals surface area contributed by atoms with E-state index in [2.05, 4.69) is 15.5 Å². The van der Waals surface area contributed by atoms with Gasteiger partial charge in [-0.2, -0.15) is 4.98 Å². The third kappa shape index (κ3) is 2.60. The predicted octanol–water partition coefficient (Wildman–Crippen LogP) is 2.00. The Morgan fingerprint density at radius 3 is 2.83 bits per heavy atom. The fourth-order valence-electron chi connectivity index (χ4n) is 2.59. The lowest BCUT2D eigenvalue weighted by Gasteiger charge is -2.16. The Bertz CT molecular complexity index is 799. The lowest BCUT2D eigenvalue weighted by molar-refractivity contribution is -0.119. The molecule has 1 aromatic heterocycles. The van der Waals surface area contributed by atoms with Crippen LogP contribution in [0.4, 0.5) is 10.5 Å². The van der Waals surface area contributed by atoms with Gasteiger partial charge in [0.25, 0.3) is 11.8 Å². The largest absolute Gasteiger partial charge is 0.447 e. The molecule has 8 heteroatoms. The molecule has 1 unspecified atom stereocenters. The molecule has 1 atom stereocenters. The highest BCUT2D eigenvalue weighted by atomic mass is 16.6. The van der Waals surface area contributed by atoms with Gasteiger partial charge in [-0.1, -0.05) is 17.3 Å². The molecule has 1 aromatic carbocycles. The lowest BCUT2D eigenvalue weighted by atomic mass is 10.1. The molecule has 1 aliphatic carbocycles. The number of hydrogen-bond donors (Lipinski definition) is 1. The predicted molar refractivity (Wildman–Crippen MR) is 83.2 cm³/mol. The van der Waals surface area contributed by atoms with E-state index in [1.807, 2.05) is 6.07 Å². The first-order chi connectivity index (χ1) is 11.6. The van der Waals surface area contributed by atoms with Crippen LogP contribution < -0.4 is 5.32 Å². The summed E-state index contributed by atoms with van der Waals surface area (Å²) in [6, 6.07) is 6.54. The molecule has 8 nitrogen and oxygen atoms in total. The summed E-state index contributed by atoms with van der Waals surface area (Å²) >= 11 is 0. The molecule has 124 valence electrons. The molecule has 2 fully saturated rings. The van der Waals surface area contributed by atoms with Crippen LogP contribution in [0.2, 0.25) is 0 Å². The van der Waals surface area contributed by atoms with Crippen molar-refractivity contribution in [2.24, 2.45) is 0 Å². The first kappa shape index (κ1) is 14.7. The number of carbonyl (C=O) groups is 2. The first-order valence-corrected chi connectivity index (χ1v) is 7.77. The molecule has 1 aliphatic heterocycles. The maximum Gasteiger partial charge on any atom is 0.410 e. The van der Waals surface area contributed by atoms with E-state index in [9.17, 15) is 9.59 Å². The number of benzene rings is 1. The zero-order valence-electron chi connectivity index (χ0n) is 13.1. The van der Waals surface area contributed by atoms with Crippen LogP contribution in [-0.4, -0.2) is 46.7 Å². The van der Waals surface area contributed by atoms with Crippen molar-refractivity contribution in [1.29, 1.82) is 0 Å². The number of ether oxygens (including phenoxy) is 1. The Labute approximate surface area is 137 Å². The molecule has 0 spiro atoms. The van der Waals surface area contributed by atoms with Crippen LogP contribution in [0.1, 0.15) is 24.6 Å². The summed E-state index contributed by atoms with van der Waals surface area (Å²) in [5.74, 6) is 1.15. The van der Waals surface area contributed by atoms with Gasteiger partial charge in [0.1, 0.15) is 12.6 Å². The van der Waals surface area contributed by atoms with Gasteiger partial charge in [0.2, 0.25) is 0 Å². The van der Waals surface area contributed by atoms with Crippen molar-refractivity contribution in [1.82, 2.24) is 15.0 Å². The van der Waals surface area contributed by atoms with Gasteiger partial charge in [0, 0.05) is 13.0 Å². The second-order valence-corrected chi connectivity index (χ2v) is 5.97. The van der Waals surface area contributed by atoms with Crippen LogP contribution in [0.3, 0.4) is 0 Å². The topological polar surface area (TPSA) is 97.6 Å². The van der Waals surface area contributed by atoms with E-state index in [1.165, 1.54) is 11.9 Å². The Morgan fingerprint density at radius 1 is 1.33 bits per heavy atom. The molecule has 2 aromatic rings. The molecule has 1 saturated heterocycles. The van der Waals surface area contributed by atoms with Crippen molar-refractivity contribution in [2.75, 3.05) is 19.0 Å². The number of para-hydroxylation sites is 1. The molecule has 0 radical (unpaired) electrons. The van der Waals surface area contributed by atoms with Crippen LogP contribution in [0, 0.1) is 0 Å². The molecule has 2 heterocycles. The van der Waals surface area contributed by atoms with E-state index in [0.717, 1.165) is 12.8 Å². The van der Waals surface area contributed by atoms with Gasteiger partial charge in [-0.25, -0.2) is 4.79 Å². The van der Waals surface area contributed by atoms with Crippen LogP contribution in [0.5, 0.6) is 0 Å². The number of nitrogens with one attached hydrogen (secondary N) is 1. The van der Waals surface area contributed by atoms with Gasteiger partial charge in [-0.05, 0) is 25.0 Å². The SMILES string of the molecule is CN1C(=O)OCC1C(=O)Nc1ccccc1-c1nc(C2CC2)no1. The summed E-state index contributed by atoms with van der Waals surface area (Å²) in [6.07, 6.45) is 1.66. The average molecular weight is 328 g/mol. The molecular formula is C16H16N4O4. The number of aromatic nitrogens is 2. The van der Waals surface area contributed by atoms with Crippen molar-refractivity contribution in [3.63, 3.8) is 0 Å². The van der Waals surface area contributed by atoms with E-state index in [4.69, 9.17) is 9.26 Å². The van der Waals surface area contributed by atoms with Gasteiger partial charge in [0.15, 0.2) is 5.82 Å². The van der Waals surface area contributed by atoms with E-state index in [-0.39, 0.29) is 12.5 Å². The van der Waals surface area contributed by atoms with Crippen molar-refractivity contribution in [2.45, 2.75) is 24.8 Å². The van der Waals surface area contributed by atoms with E-state index < -0.39 is 12.1 Å². The molecule has 1 N–H and O–H groups in total. The van der Waals surface area contributed by atoms with Crippen LogP contribution in [0.25, 0.3) is 11.5 Å². The van der Waals surface area contributed by atoms with Crippen molar-refractivity contribution in [3.05, 3.63) is 30.1 Å². The minimum Gasteiger partial charge on any atom is -0.447 e. The Morgan fingerprint density at radius 2 is 2.12 bits per heavy atom. The van der Waals surface area contributed by atoms with Gasteiger partial charge in [-0.15, -0.1) is 0 Å². The Kier molecular flexibility index (Phi) is 3.44. The van der Waals surface area contributed by atoms with Crippen LogP contribution >= 0.6 is 0 Å². The van der Waals surface area contributed by atoms with Crippen molar-refractivity contribution < 1.29 is 18.8 Å².